The zero-order chi connectivity index (χ0) is 17.2. The van der Waals surface area contributed by atoms with Gasteiger partial charge in [-0.3, -0.25) is 4.79 Å². The first-order chi connectivity index (χ1) is 11.7. The fraction of sp³-hybridized carbons (Fsp3) is 0.381. The highest BCUT2D eigenvalue weighted by Crippen LogP contribution is 2.25. The van der Waals surface area contributed by atoms with Crippen molar-refractivity contribution in [2.24, 2.45) is 0 Å². The molecule has 0 aliphatic heterocycles. The van der Waals surface area contributed by atoms with E-state index in [4.69, 9.17) is 0 Å². The van der Waals surface area contributed by atoms with Crippen molar-refractivity contribution in [2.45, 2.75) is 51.4 Å². The second-order valence-electron chi connectivity index (χ2n) is 6.23. The summed E-state index contributed by atoms with van der Waals surface area (Å²) in [6, 6.07) is 14.8. The Bertz CT molecular complexity index is 635. The lowest BCUT2D eigenvalue weighted by atomic mass is 10.0. The van der Waals surface area contributed by atoms with E-state index in [2.05, 4.69) is 24.3 Å². The predicted molar refractivity (Wildman–Crippen MR) is 96.6 cm³/mol. The van der Waals surface area contributed by atoms with E-state index in [1.54, 1.807) is 6.07 Å². The zero-order valence-corrected chi connectivity index (χ0v) is 14.1. The van der Waals surface area contributed by atoms with Crippen molar-refractivity contribution in [3.63, 3.8) is 0 Å². The van der Waals surface area contributed by atoms with Gasteiger partial charge < -0.3 is 10.2 Å². The van der Waals surface area contributed by atoms with E-state index >= 15 is 0 Å². The minimum Gasteiger partial charge on any atom is -0.504 e. The summed E-state index contributed by atoms with van der Waals surface area (Å²) >= 11 is 0. The topological polar surface area (TPSA) is 57.5 Å². The number of hydrogen-bond donors (Lipinski definition) is 2. The lowest BCUT2D eigenvalue weighted by molar-refractivity contribution is 0.0978. The van der Waals surface area contributed by atoms with Crippen molar-refractivity contribution in [3.8, 4) is 11.5 Å². The largest absolute Gasteiger partial charge is 0.504 e. The van der Waals surface area contributed by atoms with Crippen LogP contribution in [0.1, 0.15) is 60.9 Å². The number of phenolic OH excluding ortho intramolecular Hbond substituents is 2. The molecule has 0 amide bonds. The molecule has 128 valence electrons. The Balaban J connectivity index is 1.53. The summed E-state index contributed by atoms with van der Waals surface area (Å²) in [6.07, 6.45) is 8.38. The first-order valence-electron chi connectivity index (χ1n) is 8.76. The monoisotopic (exact) mass is 326 g/mol. The standard InChI is InChI=1S/C21H26O3/c22-19(18-14-15-20(23)21(24)16-18)13-9-4-2-1-3-6-10-17-11-7-5-8-12-17/h5,7-8,11-12,14-16,23-24H,1-4,6,9-10,13H2. The molecule has 24 heavy (non-hydrogen) atoms. The van der Waals surface area contributed by atoms with Gasteiger partial charge in [0.25, 0.3) is 0 Å². The maximum atomic E-state index is 12.0. The summed E-state index contributed by atoms with van der Waals surface area (Å²) in [4.78, 5) is 12.0. The SMILES string of the molecule is O=C(CCCCCCCCc1ccccc1)c1ccc(O)c(O)c1. The van der Waals surface area contributed by atoms with Crippen LogP contribution in [0.15, 0.2) is 48.5 Å². The third-order valence-corrected chi connectivity index (χ3v) is 4.26. The fourth-order valence-corrected chi connectivity index (χ4v) is 2.81. The summed E-state index contributed by atoms with van der Waals surface area (Å²) < 4.78 is 0. The molecule has 2 aromatic rings. The van der Waals surface area contributed by atoms with Crippen LogP contribution in [-0.4, -0.2) is 16.0 Å². The molecule has 0 atom stereocenters. The molecule has 0 saturated carbocycles. The Kier molecular flexibility index (Phi) is 7.34. The molecule has 0 unspecified atom stereocenters. The number of carbonyl (C=O) groups is 1. The highest BCUT2D eigenvalue weighted by atomic mass is 16.3. The highest BCUT2D eigenvalue weighted by molar-refractivity contribution is 5.96. The van der Waals surface area contributed by atoms with Crippen molar-refractivity contribution < 1.29 is 15.0 Å². The lowest BCUT2D eigenvalue weighted by Crippen LogP contribution is -1.98. The number of rotatable bonds is 10. The van der Waals surface area contributed by atoms with Crippen molar-refractivity contribution in [2.75, 3.05) is 0 Å². The summed E-state index contributed by atoms with van der Waals surface area (Å²) in [5, 5.41) is 18.7. The molecule has 0 bridgehead atoms. The molecule has 0 aromatic heterocycles. The Morgan fingerprint density at radius 3 is 2.12 bits per heavy atom. The van der Waals surface area contributed by atoms with Gasteiger partial charge in [0.05, 0.1) is 0 Å². The van der Waals surface area contributed by atoms with Crippen LogP contribution in [0.4, 0.5) is 0 Å². The molecular formula is C21H26O3. The van der Waals surface area contributed by atoms with Gasteiger partial charge in [0, 0.05) is 12.0 Å². The first kappa shape index (κ1) is 18.1. The van der Waals surface area contributed by atoms with Gasteiger partial charge in [0.2, 0.25) is 0 Å². The van der Waals surface area contributed by atoms with Gasteiger partial charge in [0.1, 0.15) is 0 Å². The normalized spacial score (nSPS) is 10.7. The van der Waals surface area contributed by atoms with E-state index in [0.29, 0.717) is 12.0 Å². The molecule has 2 aromatic carbocycles. The van der Waals surface area contributed by atoms with Crippen LogP contribution >= 0.6 is 0 Å². The van der Waals surface area contributed by atoms with Gasteiger partial charge in [-0.2, -0.15) is 0 Å². The number of Topliss-reactive ketones (excluding diaryl/α,β-unsaturated/α-hetero) is 1. The average molecular weight is 326 g/mol. The fourth-order valence-electron chi connectivity index (χ4n) is 2.81. The van der Waals surface area contributed by atoms with Crippen molar-refractivity contribution in [3.05, 3.63) is 59.7 Å². The third-order valence-electron chi connectivity index (χ3n) is 4.26. The van der Waals surface area contributed by atoms with E-state index in [9.17, 15) is 15.0 Å². The van der Waals surface area contributed by atoms with E-state index < -0.39 is 0 Å². The Morgan fingerprint density at radius 2 is 1.42 bits per heavy atom. The molecule has 0 radical (unpaired) electrons. The molecule has 3 nitrogen and oxygen atoms in total. The number of aryl methyl sites for hydroxylation is 1. The van der Waals surface area contributed by atoms with Gasteiger partial charge in [-0.25, -0.2) is 0 Å². The van der Waals surface area contributed by atoms with E-state index in [-0.39, 0.29) is 17.3 Å². The van der Waals surface area contributed by atoms with Crippen LogP contribution in [0.2, 0.25) is 0 Å². The van der Waals surface area contributed by atoms with E-state index in [1.807, 2.05) is 6.07 Å². The number of phenols is 2. The highest BCUT2D eigenvalue weighted by Gasteiger charge is 2.08. The maximum Gasteiger partial charge on any atom is 0.163 e. The molecule has 0 fully saturated rings. The molecular weight excluding hydrogens is 300 g/mol. The van der Waals surface area contributed by atoms with Crippen LogP contribution in [0.5, 0.6) is 11.5 Å². The van der Waals surface area contributed by atoms with Crippen molar-refractivity contribution in [1.82, 2.24) is 0 Å². The quantitative estimate of drug-likeness (QED) is 0.356. The molecule has 0 heterocycles. The van der Waals surface area contributed by atoms with E-state index in [1.165, 1.54) is 37.0 Å². The number of hydrogen-bond acceptors (Lipinski definition) is 3. The summed E-state index contributed by atoms with van der Waals surface area (Å²) in [5.41, 5.74) is 1.87. The average Bonchev–Trinajstić information content (AvgIpc) is 2.60. The Morgan fingerprint density at radius 1 is 0.750 bits per heavy atom. The summed E-state index contributed by atoms with van der Waals surface area (Å²) in [6.45, 7) is 0. The van der Waals surface area contributed by atoms with Crippen LogP contribution in [0.3, 0.4) is 0 Å². The Hall–Kier alpha value is -2.29. The van der Waals surface area contributed by atoms with Crippen LogP contribution in [0.25, 0.3) is 0 Å². The van der Waals surface area contributed by atoms with Crippen molar-refractivity contribution in [1.29, 1.82) is 0 Å². The third kappa shape index (κ3) is 6.07. The molecule has 3 heteroatoms. The zero-order valence-electron chi connectivity index (χ0n) is 14.1. The maximum absolute atomic E-state index is 12.0. The number of unbranched alkanes of at least 4 members (excludes halogenated alkanes) is 5. The molecule has 2 rings (SSSR count). The molecule has 0 spiro atoms. The molecule has 2 N–H and O–H groups in total. The number of benzene rings is 2. The second kappa shape index (κ2) is 9.76. The van der Waals surface area contributed by atoms with Crippen LogP contribution < -0.4 is 0 Å². The number of carbonyl (C=O) groups excluding carboxylic acids is 1. The summed E-state index contributed by atoms with van der Waals surface area (Å²) in [5.74, 6) is -0.407. The number of aromatic hydroxyl groups is 2. The predicted octanol–water partition coefficient (Wildman–Crippen LogP) is 5.25. The smallest absolute Gasteiger partial charge is 0.163 e. The molecule has 0 aliphatic carbocycles. The van der Waals surface area contributed by atoms with Gasteiger partial charge >= 0.3 is 0 Å². The van der Waals surface area contributed by atoms with Crippen LogP contribution in [-0.2, 0) is 6.42 Å². The molecule has 0 aliphatic rings. The minimum atomic E-state index is -0.237. The number of ketones is 1. The first-order valence-corrected chi connectivity index (χ1v) is 8.76. The van der Waals surface area contributed by atoms with Crippen LogP contribution in [0, 0.1) is 0 Å². The second-order valence-corrected chi connectivity index (χ2v) is 6.23. The summed E-state index contributed by atoms with van der Waals surface area (Å²) in [7, 11) is 0. The Labute approximate surface area is 144 Å². The van der Waals surface area contributed by atoms with E-state index in [0.717, 1.165) is 25.7 Å². The van der Waals surface area contributed by atoms with Gasteiger partial charge in [-0.05, 0) is 43.0 Å². The minimum absolute atomic E-state index is 0.0226. The van der Waals surface area contributed by atoms with Gasteiger partial charge in [-0.15, -0.1) is 0 Å². The van der Waals surface area contributed by atoms with Gasteiger partial charge in [0.15, 0.2) is 17.3 Å². The van der Waals surface area contributed by atoms with Crippen molar-refractivity contribution >= 4 is 5.78 Å². The van der Waals surface area contributed by atoms with Gasteiger partial charge in [-0.1, -0.05) is 56.0 Å². The molecule has 0 saturated heterocycles. The lowest BCUT2D eigenvalue weighted by Gasteiger charge is -2.04.